The largest absolute Gasteiger partial charge is 0.361 e. The molecule has 0 spiro atoms. The minimum atomic E-state index is -0.382. The minimum absolute atomic E-state index is 0.195. The van der Waals surface area contributed by atoms with Crippen LogP contribution in [0.3, 0.4) is 0 Å². The number of hydrogen-bond donors (Lipinski definition) is 0. The summed E-state index contributed by atoms with van der Waals surface area (Å²) in [5.74, 6) is 0.427. The Kier molecular flexibility index (Phi) is 4.30. The number of carbonyl (C=O) groups is 1. The van der Waals surface area contributed by atoms with Crippen molar-refractivity contribution >= 4 is 17.5 Å². The third-order valence-electron chi connectivity index (χ3n) is 5.62. The molecule has 1 amide bonds. The Morgan fingerprint density at radius 3 is 2.40 bits per heavy atom. The van der Waals surface area contributed by atoms with Gasteiger partial charge in [0.05, 0.1) is 5.41 Å². The third-order valence-corrected chi connectivity index (χ3v) is 5.87. The number of nitrogens with zero attached hydrogens (tertiary/aromatic N) is 1. The summed E-state index contributed by atoms with van der Waals surface area (Å²) in [5.41, 5.74) is 1.92. The molecule has 4 heteroatoms. The van der Waals surface area contributed by atoms with E-state index >= 15 is 0 Å². The van der Waals surface area contributed by atoms with E-state index in [0.29, 0.717) is 5.02 Å². The second kappa shape index (κ2) is 6.47. The quantitative estimate of drug-likeness (QED) is 0.815. The molecular formula is C21H22ClNO2. The molecule has 130 valence electrons. The van der Waals surface area contributed by atoms with Crippen molar-refractivity contribution in [2.45, 2.75) is 36.8 Å². The van der Waals surface area contributed by atoms with Gasteiger partial charge in [0.2, 0.25) is 5.91 Å². The molecule has 0 radical (unpaired) electrons. The Morgan fingerprint density at radius 2 is 1.80 bits per heavy atom. The highest BCUT2D eigenvalue weighted by Crippen LogP contribution is 2.51. The lowest BCUT2D eigenvalue weighted by Gasteiger charge is -2.30. The highest BCUT2D eigenvalue weighted by molar-refractivity contribution is 6.30. The summed E-state index contributed by atoms with van der Waals surface area (Å²) >= 11 is 6.01. The fourth-order valence-corrected chi connectivity index (χ4v) is 4.23. The number of benzene rings is 2. The maximum Gasteiger partial charge on any atom is 0.235 e. The summed E-state index contributed by atoms with van der Waals surface area (Å²) in [6.45, 7) is 0.742. The molecule has 0 aromatic heterocycles. The van der Waals surface area contributed by atoms with Crippen molar-refractivity contribution in [2.75, 3.05) is 13.7 Å². The molecular weight excluding hydrogens is 334 g/mol. The fraction of sp³-hybridized carbons (Fsp3) is 0.381. The molecule has 2 aliphatic rings. The van der Waals surface area contributed by atoms with Crippen LogP contribution in [-0.4, -0.2) is 30.7 Å². The number of ether oxygens (including phenoxy) is 1. The Hall–Kier alpha value is -1.84. The van der Waals surface area contributed by atoms with Crippen molar-refractivity contribution in [1.29, 1.82) is 0 Å². The number of likely N-dealkylation sites (tertiary alicyclic amines) is 1. The molecule has 0 N–H and O–H groups in total. The van der Waals surface area contributed by atoms with E-state index in [1.165, 1.54) is 5.56 Å². The predicted octanol–water partition coefficient (Wildman–Crippen LogP) is 4.36. The van der Waals surface area contributed by atoms with E-state index in [1.807, 2.05) is 47.4 Å². The van der Waals surface area contributed by atoms with Gasteiger partial charge in [-0.3, -0.25) is 4.79 Å². The average Bonchev–Trinajstić information content (AvgIpc) is 3.35. The van der Waals surface area contributed by atoms with Crippen molar-refractivity contribution in [2.24, 2.45) is 0 Å². The van der Waals surface area contributed by atoms with Crippen LogP contribution in [0.5, 0.6) is 0 Å². The van der Waals surface area contributed by atoms with Crippen LogP contribution in [-0.2, 0) is 14.9 Å². The molecule has 0 bridgehead atoms. The summed E-state index contributed by atoms with van der Waals surface area (Å²) in [7, 11) is 1.70. The van der Waals surface area contributed by atoms with Crippen LogP contribution in [0, 0.1) is 0 Å². The van der Waals surface area contributed by atoms with E-state index in [-0.39, 0.29) is 23.5 Å². The zero-order chi connectivity index (χ0) is 17.4. The van der Waals surface area contributed by atoms with Gasteiger partial charge in [0, 0.05) is 24.6 Å². The van der Waals surface area contributed by atoms with Gasteiger partial charge in [-0.15, -0.1) is 0 Å². The van der Waals surface area contributed by atoms with Gasteiger partial charge >= 0.3 is 0 Å². The van der Waals surface area contributed by atoms with Gasteiger partial charge in [0.1, 0.15) is 6.23 Å². The van der Waals surface area contributed by atoms with Gasteiger partial charge in [-0.05, 0) is 42.5 Å². The number of rotatable bonds is 4. The van der Waals surface area contributed by atoms with Crippen molar-refractivity contribution in [3.05, 3.63) is 70.7 Å². The topological polar surface area (TPSA) is 29.5 Å². The lowest BCUT2D eigenvalue weighted by Crippen LogP contribution is -2.44. The van der Waals surface area contributed by atoms with Crippen LogP contribution in [0.15, 0.2) is 54.6 Å². The summed E-state index contributed by atoms with van der Waals surface area (Å²) < 4.78 is 5.77. The molecule has 2 aromatic rings. The molecule has 3 nitrogen and oxygen atoms in total. The molecule has 4 rings (SSSR count). The monoisotopic (exact) mass is 355 g/mol. The van der Waals surface area contributed by atoms with E-state index in [1.54, 1.807) is 7.11 Å². The minimum Gasteiger partial charge on any atom is -0.361 e. The molecule has 2 aromatic carbocycles. The summed E-state index contributed by atoms with van der Waals surface area (Å²) in [6.07, 6.45) is 2.54. The fourth-order valence-electron chi connectivity index (χ4n) is 4.10. The zero-order valence-corrected chi connectivity index (χ0v) is 15.1. The lowest BCUT2D eigenvalue weighted by molar-refractivity contribution is -0.143. The average molecular weight is 356 g/mol. The van der Waals surface area contributed by atoms with E-state index < -0.39 is 0 Å². The van der Waals surface area contributed by atoms with E-state index in [2.05, 4.69) is 12.1 Å². The first-order valence-electron chi connectivity index (χ1n) is 8.80. The lowest BCUT2D eigenvalue weighted by atomic mass is 9.94. The third kappa shape index (κ3) is 2.86. The zero-order valence-electron chi connectivity index (χ0n) is 14.3. The van der Waals surface area contributed by atoms with Crippen LogP contribution >= 0.6 is 11.6 Å². The first-order chi connectivity index (χ1) is 12.2. The predicted molar refractivity (Wildman–Crippen MR) is 98.7 cm³/mol. The van der Waals surface area contributed by atoms with E-state index in [0.717, 1.165) is 31.4 Å². The second-order valence-electron chi connectivity index (χ2n) is 7.02. The van der Waals surface area contributed by atoms with Gasteiger partial charge in [-0.1, -0.05) is 54.1 Å². The maximum atomic E-state index is 13.4. The van der Waals surface area contributed by atoms with E-state index in [9.17, 15) is 4.79 Å². The van der Waals surface area contributed by atoms with Crippen LogP contribution in [0.2, 0.25) is 5.02 Å². The smallest absolute Gasteiger partial charge is 0.235 e. The van der Waals surface area contributed by atoms with Crippen LogP contribution < -0.4 is 0 Å². The number of carbonyl (C=O) groups excluding carboxylic acids is 1. The molecule has 1 aliphatic carbocycles. The standard InChI is InChI=1S/C21H22ClNO2/c1-25-19-18(15-5-3-2-4-6-15)11-14-23(19)20(24)21(12-13-21)16-7-9-17(22)10-8-16/h2-10,18-19H,11-14H2,1H3. The van der Waals surface area contributed by atoms with Crippen LogP contribution in [0.1, 0.15) is 36.3 Å². The van der Waals surface area contributed by atoms with Crippen LogP contribution in [0.4, 0.5) is 0 Å². The first kappa shape index (κ1) is 16.6. The Bertz CT molecular complexity index is 755. The van der Waals surface area contributed by atoms with Crippen molar-refractivity contribution in [3.8, 4) is 0 Å². The number of hydrogen-bond acceptors (Lipinski definition) is 2. The molecule has 1 saturated carbocycles. The summed E-state index contributed by atoms with van der Waals surface area (Å²) in [4.78, 5) is 15.3. The van der Waals surface area contributed by atoms with Gasteiger partial charge in [-0.2, -0.15) is 0 Å². The molecule has 2 fully saturated rings. The van der Waals surface area contributed by atoms with Gasteiger partial charge < -0.3 is 9.64 Å². The molecule has 1 heterocycles. The molecule has 2 atom stereocenters. The van der Waals surface area contributed by atoms with Crippen molar-refractivity contribution < 1.29 is 9.53 Å². The normalized spacial score (nSPS) is 24.3. The number of methoxy groups -OCH3 is 1. The van der Waals surface area contributed by atoms with Crippen LogP contribution in [0.25, 0.3) is 0 Å². The molecule has 2 unspecified atom stereocenters. The maximum absolute atomic E-state index is 13.4. The Morgan fingerprint density at radius 1 is 1.12 bits per heavy atom. The molecule has 25 heavy (non-hydrogen) atoms. The number of amides is 1. The Labute approximate surface area is 153 Å². The van der Waals surface area contributed by atoms with Gasteiger partial charge in [0.25, 0.3) is 0 Å². The molecule has 1 aliphatic heterocycles. The van der Waals surface area contributed by atoms with E-state index in [4.69, 9.17) is 16.3 Å². The first-order valence-corrected chi connectivity index (χ1v) is 9.18. The Balaban J connectivity index is 1.59. The summed E-state index contributed by atoms with van der Waals surface area (Å²) in [6, 6.07) is 18.1. The highest BCUT2D eigenvalue weighted by atomic mass is 35.5. The summed E-state index contributed by atoms with van der Waals surface area (Å²) in [5, 5.41) is 0.701. The second-order valence-corrected chi connectivity index (χ2v) is 7.46. The SMILES string of the molecule is COC1C(c2ccccc2)CCN1C(=O)C1(c2ccc(Cl)cc2)CC1. The van der Waals surface area contributed by atoms with Gasteiger partial charge in [-0.25, -0.2) is 0 Å². The highest BCUT2D eigenvalue weighted by Gasteiger charge is 2.55. The molecule has 1 saturated heterocycles. The van der Waals surface area contributed by atoms with Crippen molar-refractivity contribution in [1.82, 2.24) is 4.90 Å². The number of halogens is 1. The van der Waals surface area contributed by atoms with Gasteiger partial charge in [0.15, 0.2) is 0 Å². The van der Waals surface area contributed by atoms with Crippen molar-refractivity contribution in [3.63, 3.8) is 0 Å².